The zero-order valence-electron chi connectivity index (χ0n) is 8.38. The Kier molecular flexibility index (Phi) is 9.25. The lowest BCUT2D eigenvalue weighted by Gasteiger charge is -2.34. The highest BCUT2D eigenvalue weighted by molar-refractivity contribution is 5.85. The van der Waals surface area contributed by atoms with Gasteiger partial charge in [0.15, 0.2) is 0 Å². The molecule has 0 radical (unpaired) electrons. The predicted molar refractivity (Wildman–Crippen MR) is 63.0 cm³/mol. The molecule has 1 rings (SSSR count). The molecule has 0 unspecified atom stereocenters. The molecule has 0 heterocycles. The molecule has 14 heavy (non-hydrogen) atoms. The number of hydrogen-bond acceptors (Lipinski definition) is 2. The van der Waals surface area contributed by atoms with Crippen molar-refractivity contribution in [1.82, 2.24) is 0 Å². The summed E-state index contributed by atoms with van der Waals surface area (Å²) in [4.78, 5) is 0. The Labute approximate surface area is 97.8 Å². The first-order valence-corrected chi connectivity index (χ1v) is 4.82. The van der Waals surface area contributed by atoms with Crippen LogP contribution in [0.15, 0.2) is 0 Å². The normalized spacial score (nSPS) is 18.2. The van der Waals surface area contributed by atoms with Crippen molar-refractivity contribution >= 4 is 24.8 Å². The lowest BCUT2D eigenvalue weighted by molar-refractivity contribution is 0.0728. The van der Waals surface area contributed by atoms with Crippen molar-refractivity contribution in [3.8, 4) is 0 Å². The van der Waals surface area contributed by atoms with Crippen LogP contribution in [0.2, 0.25) is 0 Å². The van der Waals surface area contributed by atoms with Crippen molar-refractivity contribution in [2.24, 2.45) is 17.4 Å². The number of nitrogens with two attached hydrogens (primary N) is 2. The van der Waals surface area contributed by atoms with Crippen LogP contribution in [0.25, 0.3) is 0 Å². The van der Waals surface area contributed by atoms with E-state index in [1.165, 1.54) is 6.42 Å². The van der Waals surface area contributed by atoms with Crippen LogP contribution in [0.1, 0.15) is 32.1 Å². The minimum Gasteiger partial charge on any atom is -0.327 e. The molecule has 0 aromatic heterocycles. The molecule has 0 aromatic carbocycles. The van der Waals surface area contributed by atoms with Gasteiger partial charge in [-0.05, 0) is 18.8 Å². The highest BCUT2D eigenvalue weighted by Gasteiger charge is 2.36. The molecule has 1 saturated carbocycles. The van der Waals surface area contributed by atoms with E-state index in [-0.39, 0.29) is 43.8 Å². The van der Waals surface area contributed by atoms with Crippen LogP contribution in [0.3, 0.4) is 0 Å². The third kappa shape index (κ3) is 3.89. The van der Waals surface area contributed by atoms with Crippen molar-refractivity contribution in [3.05, 3.63) is 0 Å². The second-order valence-electron chi connectivity index (χ2n) is 3.78. The summed E-state index contributed by atoms with van der Waals surface area (Å²) in [7, 11) is 0. The Morgan fingerprint density at radius 2 is 1.43 bits per heavy atom. The summed E-state index contributed by atoms with van der Waals surface area (Å²) in [5, 5.41) is 0. The van der Waals surface area contributed by atoms with Crippen LogP contribution >= 0.6 is 24.8 Å². The second-order valence-corrected chi connectivity index (χ2v) is 3.78. The Morgan fingerprint density at radius 3 is 1.79 bits per heavy atom. The molecule has 1 fully saturated rings. The van der Waals surface area contributed by atoms with Gasteiger partial charge in [-0.1, -0.05) is 19.3 Å². The predicted octanol–water partition coefficient (Wildman–Crippen LogP) is 2.04. The molecule has 2 nitrogen and oxygen atoms in total. The van der Waals surface area contributed by atoms with Crippen LogP contribution in [-0.2, 0) is 0 Å². The summed E-state index contributed by atoms with van der Waals surface area (Å²) in [6, 6.07) is 0. The van der Waals surface area contributed by atoms with E-state index in [0.29, 0.717) is 0 Å². The maximum absolute atomic E-state index is 13.9. The van der Waals surface area contributed by atoms with Crippen molar-refractivity contribution in [2.45, 2.75) is 37.8 Å². The van der Waals surface area contributed by atoms with Gasteiger partial charge in [0.05, 0.1) is 0 Å². The first kappa shape index (κ1) is 16.8. The highest BCUT2D eigenvalue weighted by Crippen LogP contribution is 2.34. The van der Waals surface area contributed by atoms with Gasteiger partial charge in [0.1, 0.15) is 5.67 Å². The smallest absolute Gasteiger partial charge is 0.138 e. The summed E-state index contributed by atoms with van der Waals surface area (Å²) >= 11 is 0. The molecule has 5 heteroatoms. The Bertz CT molecular complexity index is 137. The third-order valence-corrected chi connectivity index (χ3v) is 3.02. The Balaban J connectivity index is 0. The van der Waals surface area contributed by atoms with E-state index in [1.54, 1.807) is 0 Å². The number of hydrogen-bond donors (Lipinski definition) is 2. The second kappa shape index (κ2) is 7.69. The molecule has 0 amide bonds. The van der Waals surface area contributed by atoms with Crippen molar-refractivity contribution < 1.29 is 4.39 Å². The maximum atomic E-state index is 13.9. The van der Waals surface area contributed by atoms with Crippen LogP contribution < -0.4 is 11.5 Å². The molecule has 0 aromatic rings. The summed E-state index contributed by atoms with van der Waals surface area (Å²) in [6.45, 7) is 0.155. The molecule has 1 aliphatic rings. The summed E-state index contributed by atoms with van der Waals surface area (Å²) in [5.74, 6) is 0.112. The van der Waals surface area contributed by atoms with Gasteiger partial charge in [0.2, 0.25) is 0 Å². The van der Waals surface area contributed by atoms with E-state index in [1.807, 2.05) is 0 Å². The molecule has 4 N–H and O–H groups in total. The average molecular weight is 247 g/mol. The van der Waals surface area contributed by atoms with Crippen LogP contribution in [-0.4, -0.2) is 18.8 Å². The van der Waals surface area contributed by atoms with Crippen molar-refractivity contribution in [1.29, 1.82) is 0 Å². The standard InChI is InChI=1S/C9H19FN2.2ClH/c10-9(6-11,7-12)8-4-2-1-3-5-8;;/h8H,1-7,11-12H2;2*1H. The van der Waals surface area contributed by atoms with Gasteiger partial charge in [-0.25, -0.2) is 4.39 Å². The molecule has 0 atom stereocenters. The van der Waals surface area contributed by atoms with Crippen LogP contribution in [0.4, 0.5) is 4.39 Å². The summed E-state index contributed by atoms with van der Waals surface area (Å²) < 4.78 is 13.9. The lowest BCUT2D eigenvalue weighted by Crippen LogP contribution is -2.47. The fraction of sp³-hybridized carbons (Fsp3) is 1.00. The van der Waals surface area contributed by atoms with E-state index < -0.39 is 5.67 Å². The third-order valence-electron chi connectivity index (χ3n) is 3.02. The monoisotopic (exact) mass is 246 g/mol. The van der Waals surface area contributed by atoms with Gasteiger partial charge in [0.25, 0.3) is 0 Å². The molecule has 0 spiro atoms. The number of rotatable bonds is 3. The molecular formula is C9H21Cl2FN2. The zero-order valence-corrected chi connectivity index (χ0v) is 10.0. The van der Waals surface area contributed by atoms with Crippen LogP contribution in [0.5, 0.6) is 0 Å². The van der Waals surface area contributed by atoms with Gasteiger partial charge in [-0.2, -0.15) is 0 Å². The molecule has 0 bridgehead atoms. The van der Waals surface area contributed by atoms with Gasteiger partial charge in [-0.3, -0.25) is 0 Å². The summed E-state index contributed by atoms with van der Waals surface area (Å²) in [6.07, 6.45) is 5.43. The minimum absolute atomic E-state index is 0. The SMILES string of the molecule is Cl.Cl.NCC(F)(CN)C1CCCCC1. The molecular weight excluding hydrogens is 226 g/mol. The van der Waals surface area contributed by atoms with Gasteiger partial charge in [0, 0.05) is 13.1 Å². The highest BCUT2D eigenvalue weighted by atomic mass is 35.5. The van der Waals surface area contributed by atoms with Crippen molar-refractivity contribution in [2.75, 3.05) is 13.1 Å². The first-order valence-electron chi connectivity index (χ1n) is 4.82. The van der Waals surface area contributed by atoms with Gasteiger partial charge < -0.3 is 11.5 Å². The van der Waals surface area contributed by atoms with Gasteiger partial charge in [-0.15, -0.1) is 24.8 Å². The number of alkyl halides is 1. The van der Waals surface area contributed by atoms with E-state index in [2.05, 4.69) is 0 Å². The van der Waals surface area contributed by atoms with E-state index in [0.717, 1.165) is 25.7 Å². The molecule has 88 valence electrons. The Morgan fingerprint density at radius 1 is 1.00 bits per heavy atom. The molecule has 0 saturated heterocycles. The van der Waals surface area contributed by atoms with Crippen LogP contribution in [0, 0.1) is 5.92 Å². The average Bonchev–Trinajstić information content (AvgIpc) is 2.18. The van der Waals surface area contributed by atoms with E-state index in [9.17, 15) is 4.39 Å². The summed E-state index contributed by atoms with van der Waals surface area (Å²) in [5.41, 5.74) is 9.50. The number of halogens is 3. The van der Waals surface area contributed by atoms with Gasteiger partial charge >= 0.3 is 0 Å². The zero-order chi connectivity index (χ0) is 9.03. The minimum atomic E-state index is -1.29. The van der Waals surface area contributed by atoms with E-state index in [4.69, 9.17) is 11.5 Å². The van der Waals surface area contributed by atoms with E-state index >= 15 is 0 Å². The quantitative estimate of drug-likeness (QED) is 0.801. The molecule has 0 aliphatic heterocycles. The molecule has 1 aliphatic carbocycles. The lowest BCUT2D eigenvalue weighted by atomic mass is 9.78. The fourth-order valence-corrected chi connectivity index (χ4v) is 2.04. The Hall–Kier alpha value is 0.430. The largest absolute Gasteiger partial charge is 0.327 e. The maximum Gasteiger partial charge on any atom is 0.138 e. The first-order chi connectivity index (χ1) is 5.73. The van der Waals surface area contributed by atoms with Crippen molar-refractivity contribution in [3.63, 3.8) is 0 Å². The fourth-order valence-electron chi connectivity index (χ4n) is 2.04. The topological polar surface area (TPSA) is 52.0 Å².